The maximum absolute atomic E-state index is 13.4. The molecule has 0 bridgehead atoms. The number of aromatic carboxylic acids is 2. The van der Waals surface area contributed by atoms with E-state index in [0.29, 0.717) is 24.1 Å². The van der Waals surface area contributed by atoms with Crippen molar-refractivity contribution < 1.29 is 19.8 Å². The molecule has 0 unspecified atom stereocenters. The molecule has 0 amide bonds. The minimum atomic E-state index is -1.12. The zero-order valence-electron chi connectivity index (χ0n) is 19.3. The van der Waals surface area contributed by atoms with Crippen LogP contribution in [-0.4, -0.2) is 31.3 Å². The summed E-state index contributed by atoms with van der Waals surface area (Å²) in [7, 11) is 0. The van der Waals surface area contributed by atoms with Crippen molar-refractivity contribution in [1.82, 2.24) is 9.13 Å². The Balaban J connectivity index is 1.72. The van der Waals surface area contributed by atoms with Crippen LogP contribution in [0.4, 0.5) is 0 Å². The Morgan fingerprint density at radius 2 is 1.34 bits per heavy atom. The molecule has 0 spiro atoms. The lowest BCUT2D eigenvalue weighted by molar-refractivity contribution is 0.0677. The monoisotopic (exact) mass is 470 g/mol. The molecule has 3 aromatic carbocycles. The number of imidazole rings is 1. The van der Waals surface area contributed by atoms with Gasteiger partial charge in [0.15, 0.2) is 5.69 Å². The van der Waals surface area contributed by atoms with Gasteiger partial charge in [-0.05, 0) is 34.7 Å². The minimum Gasteiger partial charge on any atom is -0.478 e. The molecular formula is C28H26N2O5. The van der Waals surface area contributed by atoms with Gasteiger partial charge < -0.3 is 10.2 Å². The number of benzene rings is 3. The van der Waals surface area contributed by atoms with Gasteiger partial charge in [0, 0.05) is 0 Å². The zero-order valence-corrected chi connectivity index (χ0v) is 19.3. The van der Waals surface area contributed by atoms with E-state index in [1.807, 2.05) is 61.5 Å². The highest BCUT2D eigenvalue weighted by atomic mass is 16.4. The first-order valence-electron chi connectivity index (χ1n) is 11.4. The summed E-state index contributed by atoms with van der Waals surface area (Å²) in [6.07, 6.45) is 1.16. The van der Waals surface area contributed by atoms with Crippen LogP contribution in [0, 0.1) is 0 Å². The van der Waals surface area contributed by atoms with Crippen LogP contribution in [0.1, 0.15) is 51.0 Å². The summed E-state index contributed by atoms with van der Waals surface area (Å²) in [6, 6.07) is 23.4. The van der Waals surface area contributed by atoms with Gasteiger partial charge >= 0.3 is 17.6 Å². The Labute approximate surface area is 202 Å². The van der Waals surface area contributed by atoms with Crippen LogP contribution in [-0.2, 0) is 19.5 Å². The van der Waals surface area contributed by atoms with Gasteiger partial charge in [0.25, 0.3) is 0 Å². The largest absolute Gasteiger partial charge is 0.478 e. The van der Waals surface area contributed by atoms with Gasteiger partial charge in [-0.15, -0.1) is 0 Å². The molecule has 2 N–H and O–H groups in total. The second kappa shape index (κ2) is 10.3. The van der Waals surface area contributed by atoms with Crippen molar-refractivity contribution in [3.05, 3.63) is 117 Å². The molecule has 1 aromatic heterocycles. The van der Waals surface area contributed by atoms with Gasteiger partial charge in [-0.2, -0.15) is 0 Å². The molecule has 0 saturated heterocycles. The number of hydrogen-bond acceptors (Lipinski definition) is 3. The smallest absolute Gasteiger partial charge is 0.354 e. The zero-order chi connectivity index (χ0) is 24.9. The number of carboxylic acids is 2. The number of nitrogens with zero attached hydrogens (tertiary/aromatic N) is 2. The van der Waals surface area contributed by atoms with Crippen molar-refractivity contribution in [2.24, 2.45) is 0 Å². The molecule has 0 radical (unpaired) electrons. The van der Waals surface area contributed by atoms with E-state index < -0.39 is 11.9 Å². The highest BCUT2D eigenvalue weighted by Gasteiger charge is 2.24. The van der Waals surface area contributed by atoms with E-state index in [0.717, 1.165) is 16.7 Å². The molecule has 0 fully saturated rings. The van der Waals surface area contributed by atoms with Crippen LogP contribution in [0.5, 0.6) is 0 Å². The van der Waals surface area contributed by atoms with Crippen molar-refractivity contribution in [3.63, 3.8) is 0 Å². The molecule has 35 heavy (non-hydrogen) atoms. The van der Waals surface area contributed by atoms with Crippen molar-refractivity contribution in [2.45, 2.75) is 32.9 Å². The molecular weight excluding hydrogens is 444 g/mol. The van der Waals surface area contributed by atoms with Crippen molar-refractivity contribution in [3.8, 4) is 11.1 Å². The third kappa shape index (κ3) is 4.94. The van der Waals surface area contributed by atoms with Crippen LogP contribution in [0.25, 0.3) is 11.1 Å². The van der Waals surface area contributed by atoms with Crippen LogP contribution in [0.2, 0.25) is 0 Å². The van der Waals surface area contributed by atoms with Gasteiger partial charge in [-0.25, -0.2) is 14.4 Å². The van der Waals surface area contributed by atoms with Crippen LogP contribution in [0.3, 0.4) is 0 Å². The predicted molar refractivity (Wildman–Crippen MR) is 133 cm³/mol. The van der Waals surface area contributed by atoms with E-state index in [-0.39, 0.29) is 30.0 Å². The highest BCUT2D eigenvalue weighted by molar-refractivity contribution is 5.96. The molecule has 0 atom stereocenters. The van der Waals surface area contributed by atoms with Gasteiger partial charge in [0.2, 0.25) is 0 Å². The summed E-state index contributed by atoms with van der Waals surface area (Å²) in [5.74, 6) is -2.12. The molecule has 7 nitrogen and oxygen atoms in total. The number of carboxylic acid groups (broad SMARTS) is 2. The maximum Gasteiger partial charge on any atom is 0.354 e. The van der Waals surface area contributed by atoms with E-state index in [1.165, 1.54) is 9.13 Å². The van der Waals surface area contributed by atoms with Gasteiger partial charge in [-0.3, -0.25) is 9.13 Å². The second-order valence-electron chi connectivity index (χ2n) is 8.34. The average molecular weight is 471 g/mol. The minimum absolute atomic E-state index is 0.0210. The summed E-state index contributed by atoms with van der Waals surface area (Å²) >= 11 is 0. The molecule has 1 heterocycles. The number of aromatic nitrogens is 2. The van der Waals surface area contributed by atoms with Crippen LogP contribution >= 0.6 is 0 Å². The number of carbonyl (C=O) groups is 2. The Bertz CT molecular complexity index is 1420. The van der Waals surface area contributed by atoms with E-state index in [9.17, 15) is 24.6 Å². The molecule has 0 aliphatic rings. The lowest BCUT2D eigenvalue weighted by atomic mass is 9.99. The summed E-state index contributed by atoms with van der Waals surface area (Å²) in [5.41, 5.74) is 3.39. The summed E-state index contributed by atoms with van der Waals surface area (Å²) in [4.78, 5) is 37.2. The fourth-order valence-electron chi connectivity index (χ4n) is 4.34. The first kappa shape index (κ1) is 23.8. The fourth-order valence-corrected chi connectivity index (χ4v) is 4.34. The van der Waals surface area contributed by atoms with Crippen molar-refractivity contribution in [1.29, 1.82) is 0 Å². The average Bonchev–Trinajstić information content (AvgIpc) is 3.11. The molecule has 4 aromatic rings. The fraction of sp³-hybridized carbons (Fsp3) is 0.179. The Morgan fingerprint density at radius 1 is 0.743 bits per heavy atom. The third-order valence-electron chi connectivity index (χ3n) is 5.97. The first-order chi connectivity index (χ1) is 16.9. The molecule has 4 rings (SSSR count). The Kier molecular flexibility index (Phi) is 6.96. The van der Waals surface area contributed by atoms with Crippen molar-refractivity contribution in [2.75, 3.05) is 0 Å². The molecule has 7 heteroatoms. The first-order valence-corrected chi connectivity index (χ1v) is 11.4. The summed E-state index contributed by atoms with van der Waals surface area (Å²) in [6.45, 7) is 2.34. The van der Waals surface area contributed by atoms with E-state index in [1.54, 1.807) is 24.3 Å². The van der Waals surface area contributed by atoms with Crippen LogP contribution < -0.4 is 5.69 Å². The molecule has 0 saturated carbocycles. The lowest BCUT2D eigenvalue weighted by Gasteiger charge is -2.10. The standard InChI is InChI=1S/C28H26N2O5/c1-2-8-24-25(27(33)34)30(18-19-9-4-3-5-10-19)28(35)29(24)17-20-13-15-21(16-14-20)22-11-6-7-12-23(22)26(31)32/h3-7,9-16H,2,8,17-18H2,1H3,(H,31,32)(H,33,34). The number of hydrogen-bond donors (Lipinski definition) is 2. The van der Waals surface area contributed by atoms with E-state index in [4.69, 9.17) is 0 Å². The summed E-state index contributed by atoms with van der Waals surface area (Å²) in [5, 5.41) is 19.4. The third-order valence-corrected chi connectivity index (χ3v) is 5.97. The molecule has 178 valence electrons. The molecule has 0 aliphatic heterocycles. The highest BCUT2D eigenvalue weighted by Crippen LogP contribution is 2.25. The lowest BCUT2D eigenvalue weighted by Crippen LogP contribution is -2.27. The summed E-state index contributed by atoms with van der Waals surface area (Å²) < 4.78 is 2.87. The van der Waals surface area contributed by atoms with E-state index in [2.05, 4.69) is 0 Å². The topological polar surface area (TPSA) is 102 Å². The molecule has 0 aliphatic carbocycles. The SMILES string of the molecule is CCCc1c(C(=O)O)n(Cc2ccccc2)c(=O)n1Cc1ccc(-c2ccccc2C(=O)O)cc1. The normalized spacial score (nSPS) is 10.9. The van der Waals surface area contributed by atoms with Crippen molar-refractivity contribution >= 4 is 11.9 Å². The van der Waals surface area contributed by atoms with Gasteiger partial charge in [0.1, 0.15) is 0 Å². The van der Waals surface area contributed by atoms with Crippen LogP contribution in [0.15, 0.2) is 83.7 Å². The van der Waals surface area contributed by atoms with E-state index >= 15 is 0 Å². The Morgan fingerprint density at radius 3 is 1.97 bits per heavy atom. The Hall–Kier alpha value is -4.39. The van der Waals surface area contributed by atoms with Gasteiger partial charge in [0.05, 0.1) is 24.3 Å². The second-order valence-corrected chi connectivity index (χ2v) is 8.34. The predicted octanol–water partition coefficient (Wildman–Crippen LogP) is 4.76. The quantitative estimate of drug-likeness (QED) is 0.367. The maximum atomic E-state index is 13.4. The van der Waals surface area contributed by atoms with Gasteiger partial charge in [-0.1, -0.05) is 86.1 Å². The number of rotatable bonds is 9.